The molecule has 0 heterocycles. The van der Waals surface area contributed by atoms with Gasteiger partial charge in [-0.15, -0.1) is 13.2 Å². The Morgan fingerprint density at radius 2 is 1.43 bits per heavy atom. The predicted octanol–water partition coefficient (Wildman–Crippen LogP) is 5.59. The van der Waals surface area contributed by atoms with Gasteiger partial charge in [0, 0.05) is 12.1 Å². The van der Waals surface area contributed by atoms with Crippen LogP contribution in [0.2, 0.25) is 10.0 Å². The molecule has 0 bridgehead atoms. The second-order valence-corrected chi connectivity index (χ2v) is 4.93. The zero-order valence-electron chi connectivity index (χ0n) is 10.9. The molecule has 0 atom stereocenters. The SMILES string of the molecule is O=[N+]([O-])c1c(Cl)cc(Oc2ccc(OC(F)(F)F)cc2)cc1Cl. The van der Waals surface area contributed by atoms with Gasteiger partial charge >= 0.3 is 12.0 Å². The van der Waals surface area contributed by atoms with Gasteiger partial charge in [-0.1, -0.05) is 23.2 Å². The molecule has 23 heavy (non-hydrogen) atoms. The van der Waals surface area contributed by atoms with E-state index in [0.29, 0.717) is 0 Å². The second-order valence-electron chi connectivity index (χ2n) is 4.11. The molecule has 2 aromatic carbocycles. The fourth-order valence-electron chi connectivity index (χ4n) is 1.62. The quantitative estimate of drug-likeness (QED) is 0.521. The Hall–Kier alpha value is -2.19. The van der Waals surface area contributed by atoms with Crippen molar-refractivity contribution in [2.45, 2.75) is 6.36 Å². The van der Waals surface area contributed by atoms with E-state index < -0.39 is 22.7 Å². The van der Waals surface area contributed by atoms with Crippen LogP contribution in [0, 0.1) is 10.1 Å². The highest BCUT2D eigenvalue weighted by Crippen LogP contribution is 2.38. The molecule has 0 spiro atoms. The molecule has 0 N–H and O–H groups in total. The Labute approximate surface area is 137 Å². The fraction of sp³-hybridized carbons (Fsp3) is 0.0769. The van der Waals surface area contributed by atoms with Crippen LogP contribution in [-0.2, 0) is 0 Å². The maximum atomic E-state index is 12.0. The summed E-state index contributed by atoms with van der Waals surface area (Å²) in [6, 6.07) is 6.90. The summed E-state index contributed by atoms with van der Waals surface area (Å²) in [4.78, 5) is 10.0. The van der Waals surface area contributed by atoms with E-state index in [1.807, 2.05) is 0 Å². The van der Waals surface area contributed by atoms with E-state index >= 15 is 0 Å². The summed E-state index contributed by atoms with van der Waals surface area (Å²) in [5, 5.41) is 10.3. The lowest BCUT2D eigenvalue weighted by molar-refractivity contribution is -0.384. The minimum atomic E-state index is -4.79. The summed E-state index contributed by atoms with van der Waals surface area (Å²) in [6.07, 6.45) is -4.79. The van der Waals surface area contributed by atoms with Crippen molar-refractivity contribution < 1.29 is 27.6 Å². The number of nitrogens with zero attached hydrogens (tertiary/aromatic N) is 1. The zero-order valence-corrected chi connectivity index (χ0v) is 12.4. The standard InChI is InChI=1S/C13H6Cl2F3NO4/c14-10-5-9(6-11(15)12(10)19(20)21)22-7-1-3-8(4-2-7)23-13(16,17)18/h1-6H. The van der Waals surface area contributed by atoms with Crippen LogP contribution in [-0.4, -0.2) is 11.3 Å². The number of nitro benzene ring substituents is 1. The molecule has 10 heteroatoms. The van der Waals surface area contributed by atoms with Gasteiger partial charge in [0.25, 0.3) is 0 Å². The number of rotatable bonds is 4. The van der Waals surface area contributed by atoms with Crippen LogP contribution >= 0.6 is 23.2 Å². The Balaban J connectivity index is 2.18. The van der Waals surface area contributed by atoms with Crippen LogP contribution in [0.25, 0.3) is 0 Å². The number of alkyl halides is 3. The van der Waals surface area contributed by atoms with Gasteiger partial charge in [0.2, 0.25) is 0 Å². The lowest BCUT2D eigenvalue weighted by Crippen LogP contribution is -2.16. The fourth-order valence-corrected chi connectivity index (χ4v) is 2.23. The highest BCUT2D eigenvalue weighted by molar-refractivity contribution is 6.38. The summed E-state index contributed by atoms with van der Waals surface area (Å²) in [6.45, 7) is 0. The van der Waals surface area contributed by atoms with Crippen LogP contribution in [0.3, 0.4) is 0 Å². The van der Waals surface area contributed by atoms with Crippen molar-refractivity contribution in [1.82, 2.24) is 0 Å². The first kappa shape index (κ1) is 17.2. The van der Waals surface area contributed by atoms with E-state index in [4.69, 9.17) is 27.9 Å². The highest BCUT2D eigenvalue weighted by atomic mass is 35.5. The first-order chi connectivity index (χ1) is 10.7. The Morgan fingerprint density at radius 1 is 0.957 bits per heavy atom. The molecule has 0 aliphatic rings. The molecule has 0 saturated carbocycles. The third-order valence-corrected chi connectivity index (χ3v) is 3.04. The van der Waals surface area contributed by atoms with Crippen molar-refractivity contribution in [2.75, 3.05) is 0 Å². The molecule has 5 nitrogen and oxygen atoms in total. The molecule has 0 radical (unpaired) electrons. The van der Waals surface area contributed by atoms with Gasteiger partial charge in [0.05, 0.1) is 4.92 Å². The molecule has 0 fully saturated rings. The van der Waals surface area contributed by atoms with Gasteiger partial charge in [-0.05, 0) is 24.3 Å². The van der Waals surface area contributed by atoms with Crippen molar-refractivity contribution in [2.24, 2.45) is 0 Å². The van der Waals surface area contributed by atoms with Gasteiger partial charge in [-0.2, -0.15) is 0 Å². The number of nitro groups is 1. The van der Waals surface area contributed by atoms with Gasteiger partial charge in [0.15, 0.2) is 0 Å². The smallest absolute Gasteiger partial charge is 0.457 e. The van der Waals surface area contributed by atoms with Crippen molar-refractivity contribution >= 4 is 28.9 Å². The second kappa shape index (κ2) is 6.51. The first-order valence-electron chi connectivity index (χ1n) is 5.83. The van der Waals surface area contributed by atoms with Crippen molar-refractivity contribution in [3.05, 3.63) is 56.6 Å². The van der Waals surface area contributed by atoms with Crippen LogP contribution in [0.15, 0.2) is 36.4 Å². The van der Waals surface area contributed by atoms with E-state index in [0.717, 1.165) is 12.1 Å². The molecule has 2 aromatic rings. The zero-order chi connectivity index (χ0) is 17.2. The lowest BCUT2D eigenvalue weighted by Gasteiger charge is -2.10. The summed E-state index contributed by atoms with van der Waals surface area (Å²) < 4.78 is 45.2. The molecule has 0 aromatic heterocycles. The molecular formula is C13H6Cl2F3NO4. The monoisotopic (exact) mass is 367 g/mol. The maximum Gasteiger partial charge on any atom is 0.573 e. The number of halogens is 5. The molecule has 2 rings (SSSR count). The minimum Gasteiger partial charge on any atom is -0.457 e. The third kappa shape index (κ3) is 4.64. The van der Waals surface area contributed by atoms with Crippen LogP contribution in [0.4, 0.5) is 18.9 Å². The van der Waals surface area contributed by atoms with Crippen molar-refractivity contribution in [3.8, 4) is 17.2 Å². The highest BCUT2D eigenvalue weighted by Gasteiger charge is 2.31. The molecule has 122 valence electrons. The molecule has 0 unspecified atom stereocenters. The van der Waals surface area contributed by atoms with E-state index in [2.05, 4.69) is 4.74 Å². The Kier molecular flexibility index (Phi) is 4.86. The first-order valence-corrected chi connectivity index (χ1v) is 6.58. The number of ether oxygens (including phenoxy) is 2. The van der Waals surface area contributed by atoms with E-state index in [1.54, 1.807) is 0 Å². The van der Waals surface area contributed by atoms with Crippen LogP contribution < -0.4 is 9.47 Å². The molecule has 0 aliphatic carbocycles. The Bertz CT molecular complexity index is 712. The minimum absolute atomic E-state index is 0.0927. The topological polar surface area (TPSA) is 61.6 Å². The molecular weight excluding hydrogens is 362 g/mol. The number of benzene rings is 2. The van der Waals surface area contributed by atoms with Gasteiger partial charge in [0.1, 0.15) is 27.3 Å². The van der Waals surface area contributed by atoms with Crippen molar-refractivity contribution in [3.63, 3.8) is 0 Å². The third-order valence-electron chi connectivity index (χ3n) is 2.47. The molecule has 0 aliphatic heterocycles. The normalized spacial score (nSPS) is 11.2. The summed E-state index contributed by atoms with van der Waals surface area (Å²) in [5.41, 5.74) is -0.463. The molecule has 0 saturated heterocycles. The summed E-state index contributed by atoms with van der Waals surface area (Å²) >= 11 is 11.5. The maximum absolute atomic E-state index is 12.0. The number of hydrogen-bond acceptors (Lipinski definition) is 4. The summed E-state index contributed by atoms with van der Waals surface area (Å²) in [7, 11) is 0. The lowest BCUT2D eigenvalue weighted by atomic mass is 10.3. The van der Waals surface area contributed by atoms with Crippen LogP contribution in [0.5, 0.6) is 17.2 Å². The average molecular weight is 368 g/mol. The molecule has 0 amide bonds. The van der Waals surface area contributed by atoms with E-state index in [1.165, 1.54) is 24.3 Å². The van der Waals surface area contributed by atoms with Gasteiger partial charge < -0.3 is 9.47 Å². The van der Waals surface area contributed by atoms with E-state index in [9.17, 15) is 23.3 Å². The Morgan fingerprint density at radius 3 is 1.87 bits per heavy atom. The largest absolute Gasteiger partial charge is 0.573 e. The van der Waals surface area contributed by atoms with Gasteiger partial charge in [-0.3, -0.25) is 10.1 Å². The number of hydrogen-bond donors (Lipinski definition) is 0. The van der Waals surface area contributed by atoms with Crippen molar-refractivity contribution in [1.29, 1.82) is 0 Å². The summed E-state index contributed by atoms with van der Waals surface area (Å²) in [5.74, 6) is -0.153. The van der Waals surface area contributed by atoms with E-state index in [-0.39, 0.29) is 21.5 Å². The predicted molar refractivity (Wildman–Crippen MR) is 76.3 cm³/mol. The van der Waals surface area contributed by atoms with Crippen LogP contribution in [0.1, 0.15) is 0 Å². The van der Waals surface area contributed by atoms with Gasteiger partial charge in [-0.25, -0.2) is 0 Å². The average Bonchev–Trinajstić information content (AvgIpc) is 2.38.